The summed E-state index contributed by atoms with van der Waals surface area (Å²) in [7, 11) is 0. The lowest BCUT2D eigenvalue weighted by Crippen LogP contribution is -2.34. The minimum absolute atomic E-state index is 0.0214. The predicted molar refractivity (Wildman–Crippen MR) is 143 cm³/mol. The van der Waals surface area contributed by atoms with Gasteiger partial charge in [0.05, 0.1) is 18.2 Å². The molecule has 0 aliphatic carbocycles. The molecule has 1 unspecified atom stereocenters. The molecule has 1 N–H and O–H groups in total. The summed E-state index contributed by atoms with van der Waals surface area (Å²) in [6, 6.07) is 16.1. The van der Waals surface area contributed by atoms with Crippen LogP contribution in [0.4, 0.5) is 54.0 Å². The Morgan fingerprint density at radius 1 is 0.630 bits per heavy atom. The van der Waals surface area contributed by atoms with Crippen LogP contribution in [0.1, 0.15) is 28.3 Å². The fraction of sp³-hybridized carbons (Fsp3) is 0.226. The molecule has 0 spiro atoms. The summed E-state index contributed by atoms with van der Waals surface area (Å²) in [5, 5.41) is 10.4. The summed E-state index contributed by atoms with van der Waals surface area (Å²) in [6.07, 6.45) is -15.5. The van der Waals surface area contributed by atoms with E-state index in [1.165, 1.54) is 47.4 Å². The zero-order chi connectivity index (χ0) is 33.9. The highest BCUT2D eigenvalue weighted by Crippen LogP contribution is 2.44. The lowest BCUT2D eigenvalue weighted by atomic mass is 10.0. The molecule has 4 aromatic rings. The first kappa shape index (κ1) is 34.3. The number of alkyl halides is 11. The lowest BCUT2D eigenvalue weighted by Gasteiger charge is -2.34. The summed E-state index contributed by atoms with van der Waals surface area (Å²) in [5.41, 5.74) is -2.13. The Morgan fingerprint density at radius 3 is 1.80 bits per heavy atom. The van der Waals surface area contributed by atoms with E-state index in [1.54, 1.807) is 0 Å². The van der Waals surface area contributed by atoms with E-state index in [0.29, 0.717) is 12.1 Å². The van der Waals surface area contributed by atoms with Gasteiger partial charge in [-0.1, -0.05) is 42.5 Å². The maximum absolute atomic E-state index is 14.1. The lowest BCUT2D eigenvalue weighted by molar-refractivity contribution is -0.289. The van der Waals surface area contributed by atoms with Crippen LogP contribution in [0.3, 0.4) is 0 Å². The number of anilines is 1. The van der Waals surface area contributed by atoms with Crippen molar-refractivity contribution >= 4 is 5.69 Å². The second kappa shape index (κ2) is 13.1. The number of benzene rings is 4. The number of aliphatic hydroxyl groups excluding tert-OH is 1. The molecule has 0 saturated heterocycles. The van der Waals surface area contributed by atoms with Crippen LogP contribution in [-0.4, -0.2) is 24.3 Å². The molecule has 0 saturated carbocycles. The standard InChI is InChI=1S/C31H22F11NO3/c32-28(33,30(37,38)39)22-5-1-4-19(14-22)17-43(27(18-44)20-10-12-21(13-11-20)29(34,35)36)23-6-2-7-24(15-23)45-25-8-3-9-26(16-25)46-31(40,41)42/h1-16,27,44H,17-18H2. The smallest absolute Gasteiger partial charge is 0.457 e. The van der Waals surface area contributed by atoms with Gasteiger partial charge in [-0.3, -0.25) is 0 Å². The maximum atomic E-state index is 14.1. The van der Waals surface area contributed by atoms with Crippen LogP contribution in [0.2, 0.25) is 0 Å². The monoisotopic (exact) mass is 665 g/mol. The van der Waals surface area contributed by atoms with E-state index in [9.17, 15) is 53.4 Å². The van der Waals surface area contributed by atoms with Gasteiger partial charge in [0.2, 0.25) is 0 Å². The largest absolute Gasteiger partial charge is 0.573 e. The molecule has 4 rings (SSSR count). The Kier molecular flexibility index (Phi) is 9.75. The Labute approximate surface area is 254 Å². The molecule has 0 aliphatic rings. The van der Waals surface area contributed by atoms with E-state index in [-0.39, 0.29) is 28.3 Å². The Hall–Kier alpha value is -4.53. The predicted octanol–water partition coefficient (Wildman–Crippen LogP) is 9.79. The highest BCUT2D eigenvalue weighted by Gasteiger charge is 2.58. The number of hydrogen-bond acceptors (Lipinski definition) is 4. The fourth-order valence-electron chi connectivity index (χ4n) is 4.48. The van der Waals surface area contributed by atoms with Gasteiger partial charge in [0.25, 0.3) is 0 Å². The van der Waals surface area contributed by atoms with Crippen molar-refractivity contribution < 1.29 is 62.9 Å². The molecule has 0 amide bonds. The number of rotatable bonds is 10. The van der Waals surface area contributed by atoms with Gasteiger partial charge in [-0.25, -0.2) is 0 Å². The van der Waals surface area contributed by atoms with Gasteiger partial charge >= 0.3 is 24.6 Å². The zero-order valence-electron chi connectivity index (χ0n) is 23.1. The van der Waals surface area contributed by atoms with Gasteiger partial charge in [-0.15, -0.1) is 13.2 Å². The number of aliphatic hydroxyl groups is 1. The molecule has 0 aliphatic heterocycles. The Bertz CT molecular complexity index is 1620. The van der Waals surface area contributed by atoms with E-state index in [2.05, 4.69) is 4.74 Å². The van der Waals surface area contributed by atoms with Crippen molar-refractivity contribution in [1.29, 1.82) is 0 Å². The molecule has 4 aromatic carbocycles. The third kappa shape index (κ3) is 8.38. The van der Waals surface area contributed by atoms with Crippen LogP contribution < -0.4 is 14.4 Å². The number of nitrogens with zero attached hydrogens (tertiary/aromatic N) is 1. The van der Waals surface area contributed by atoms with Crippen molar-refractivity contribution in [2.45, 2.75) is 37.2 Å². The van der Waals surface area contributed by atoms with Crippen LogP contribution >= 0.6 is 0 Å². The van der Waals surface area contributed by atoms with Gasteiger partial charge in [-0.05, 0) is 53.6 Å². The molecular formula is C31H22F11NO3. The van der Waals surface area contributed by atoms with Crippen molar-refractivity contribution in [2.75, 3.05) is 11.5 Å². The van der Waals surface area contributed by atoms with Crippen LogP contribution in [-0.2, 0) is 18.6 Å². The molecule has 0 radical (unpaired) electrons. The summed E-state index contributed by atoms with van der Waals surface area (Å²) >= 11 is 0. The first-order chi connectivity index (χ1) is 21.4. The molecule has 1 atom stereocenters. The second-order valence-electron chi connectivity index (χ2n) is 9.84. The number of ether oxygens (including phenoxy) is 2. The highest BCUT2D eigenvalue weighted by molar-refractivity contribution is 5.54. The van der Waals surface area contributed by atoms with Gasteiger partial charge < -0.3 is 19.5 Å². The molecule has 246 valence electrons. The van der Waals surface area contributed by atoms with Crippen LogP contribution in [0.25, 0.3) is 0 Å². The van der Waals surface area contributed by atoms with Gasteiger partial charge in [0.1, 0.15) is 17.2 Å². The maximum Gasteiger partial charge on any atom is 0.573 e. The Balaban J connectivity index is 1.74. The molecule has 4 nitrogen and oxygen atoms in total. The van der Waals surface area contributed by atoms with E-state index in [4.69, 9.17) is 4.74 Å². The number of hydrogen-bond donors (Lipinski definition) is 1. The van der Waals surface area contributed by atoms with Crippen molar-refractivity contribution in [3.05, 3.63) is 119 Å². The SMILES string of the molecule is OCC(c1ccc(C(F)(F)F)cc1)N(Cc1cccc(C(F)(F)C(F)(F)F)c1)c1cccc(Oc2cccc(OC(F)(F)F)c2)c1. The second-order valence-corrected chi connectivity index (χ2v) is 9.84. The summed E-state index contributed by atoms with van der Waals surface area (Å²) in [5.74, 6) is -5.85. The van der Waals surface area contributed by atoms with E-state index >= 15 is 0 Å². The number of halogens is 11. The first-order valence-corrected chi connectivity index (χ1v) is 13.1. The molecule has 0 fully saturated rings. The average molecular weight is 665 g/mol. The van der Waals surface area contributed by atoms with Gasteiger partial charge in [-0.2, -0.15) is 35.1 Å². The molecule has 0 bridgehead atoms. The minimum Gasteiger partial charge on any atom is -0.457 e. The van der Waals surface area contributed by atoms with Crippen molar-refractivity contribution in [3.63, 3.8) is 0 Å². The molecule has 46 heavy (non-hydrogen) atoms. The molecule has 0 aromatic heterocycles. The summed E-state index contributed by atoms with van der Waals surface area (Å²) in [6.45, 7) is -1.17. The Morgan fingerprint density at radius 2 is 1.22 bits per heavy atom. The van der Waals surface area contributed by atoms with Crippen molar-refractivity contribution in [3.8, 4) is 17.2 Å². The quantitative estimate of drug-likeness (QED) is 0.171. The van der Waals surface area contributed by atoms with Gasteiger partial charge in [0, 0.05) is 29.9 Å². The molecular weight excluding hydrogens is 643 g/mol. The highest BCUT2D eigenvalue weighted by atomic mass is 19.4. The van der Waals surface area contributed by atoms with Crippen LogP contribution in [0.5, 0.6) is 17.2 Å². The van der Waals surface area contributed by atoms with E-state index in [1.807, 2.05) is 0 Å². The normalized spacial score (nSPS) is 13.3. The first-order valence-electron chi connectivity index (χ1n) is 13.1. The third-order valence-corrected chi connectivity index (χ3v) is 6.59. The van der Waals surface area contributed by atoms with Crippen molar-refractivity contribution in [1.82, 2.24) is 0 Å². The third-order valence-electron chi connectivity index (χ3n) is 6.59. The summed E-state index contributed by atoms with van der Waals surface area (Å²) < 4.78 is 155. The minimum atomic E-state index is -5.90. The molecule has 0 heterocycles. The topological polar surface area (TPSA) is 41.9 Å². The molecule has 15 heteroatoms. The van der Waals surface area contributed by atoms with Crippen LogP contribution in [0.15, 0.2) is 97.1 Å². The van der Waals surface area contributed by atoms with Crippen molar-refractivity contribution in [2.24, 2.45) is 0 Å². The van der Waals surface area contributed by atoms with Crippen LogP contribution in [0, 0.1) is 0 Å². The fourth-order valence-corrected chi connectivity index (χ4v) is 4.48. The summed E-state index contributed by atoms with van der Waals surface area (Å²) in [4.78, 5) is 1.34. The van der Waals surface area contributed by atoms with E-state index < -0.39 is 60.7 Å². The van der Waals surface area contributed by atoms with E-state index in [0.717, 1.165) is 42.5 Å². The average Bonchev–Trinajstić information content (AvgIpc) is 2.96. The zero-order valence-corrected chi connectivity index (χ0v) is 23.1. The van der Waals surface area contributed by atoms with Gasteiger partial charge in [0.15, 0.2) is 0 Å².